The lowest BCUT2D eigenvalue weighted by Crippen LogP contribution is -2.30. The van der Waals surface area contributed by atoms with Gasteiger partial charge >= 0.3 is 0 Å². The Hall–Kier alpha value is -2.45. The van der Waals surface area contributed by atoms with Crippen LogP contribution in [0, 0.1) is 0 Å². The van der Waals surface area contributed by atoms with Gasteiger partial charge < -0.3 is 0 Å². The predicted octanol–water partition coefficient (Wildman–Crippen LogP) is 2.83. The highest BCUT2D eigenvalue weighted by molar-refractivity contribution is 7.99. The number of aromatic nitrogens is 2. The van der Waals surface area contributed by atoms with Crippen LogP contribution in [0.25, 0.3) is 10.2 Å². The number of rotatable bonds is 3. The second-order valence-electron chi connectivity index (χ2n) is 6.65. The normalized spacial score (nSPS) is 15.7. The van der Waals surface area contributed by atoms with Gasteiger partial charge in [0.1, 0.15) is 4.83 Å². The molecule has 0 saturated carbocycles. The van der Waals surface area contributed by atoms with Gasteiger partial charge in [-0.1, -0.05) is 23.9 Å². The van der Waals surface area contributed by atoms with E-state index in [9.17, 15) is 14.4 Å². The number of hydrogen-bond donors (Lipinski definition) is 0. The number of aryl methyl sites for hydroxylation is 2. The SMILES string of the molecule is Cn1c(SCN2C(=O)c3ccccc3C2=O)nc2sc3c(c2c1=O)CCC3. The Bertz CT molecular complexity index is 1160. The van der Waals surface area contributed by atoms with E-state index in [1.165, 1.54) is 26.1 Å². The zero-order chi connectivity index (χ0) is 18.7. The molecule has 5 rings (SSSR count). The highest BCUT2D eigenvalue weighted by atomic mass is 32.2. The smallest absolute Gasteiger partial charge is 0.262 e. The molecule has 2 aromatic heterocycles. The number of fused-ring (bicyclic) bond motifs is 4. The van der Waals surface area contributed by atoms with Gasteiger partial charge in [0.25, 0.3) is 17.4 Å². The first-order valence-corrected chi connectivity index (χ1v) is 10.5. The summed E-state index contributed by atoms with van der Waals surface area (Å²) in [5, 5.41) is 1.25. The quantitative estimate of drug-likeness (QED) is 0.386. The van der Waals surface area contributed by atoms with Crippen LogP contribution in [0.5, 0.6) is 0 Å². The number of hydrogen-bond acceptors (Lipinski definition) is 6. The van der Waals surface area contributed by atoms with Crippen LogP contribution >= 0.6 is 23.1 Å². The van der Waals surface area contributed by atoms with Crippen LogP contribution in [0.1, 0.15) is 37.6 Å². The molecule has 6 nitrogen and oxygen atoms in total. The molecule has 0 unspecified atom stereocenters. The molecule has 0 bridgehead atoms. The van der Waals surface area contributed by atoms with Crippen molar-refractivity contribution >= 4 is 45.1 Å². The van der Waals surface area contributed by atoms with Crippen molar-refractivity contribution in [2.75, 3.05) is 5.88 Å². The van der Waals surface area contributed by atoms with Crippen molar-refractivity contribution < 1.29 is 9.59 Å². The van der Waals surface area contributed by atoms with Gasteiger partial charge in [-0.2, -0.15) is 0 Å². The lowest BCUT2D eigenvalue weighted by Gasteiger charge is -2.14. The molecule has 0 spiro atoms. The van der Waals surface area contributed by atoms with Gasteiger partial charge in [0, 0.05) is 11.9 Å². The highest BCUT2D eigenvalue weighted by Gasteiger charge is 2.35. The summed E-state index contributed by atoms with van der Waals surface area (Å²) in [6.07, 6.45) is 3.04. The van der Waals surface area contributed by atoms with Crippen LogP contribution in [-0.4, -0.2) is 32.1 Å². The van der Waals surface area contributed by atoms with Gasteiger partial charge in [0.2, 0.25) is 0 Å². The Morgan fingerprint density at radius 2 is 1.81 bits per heavy atom. The second kappa shape index (κ2) is 6.03. The first-order chi connectivity index (χ1) is 13.1. The minimum atomic E-state index is -0.302. The molecular weight excluding hydrogens is 382 g/mol. The topological polar surface area (TPSA) is 72.3 Å². The Kier molecular flexibility index (Phi) is 3.73. The fraction of sp³-hybridized carbons (Fsp3) is 0.263. The van der Waals surface area contributed by atoms with Gasteiger partial charge in [-0.15, -0.1) is 11.3 Å². The van der Waals surface area contributed by atoms with Gasteiger partial charge in [-0.05, 0) is 37.0 Å². The minimum absolute atomic E-state index is 0.0516. The van der Waals surface area contributed by atoms with E-state index in [-0.39, 0.29) is 23.3 Å². The third kappa shape index (κ3) is 2.40. The molecule has 0 N–H and O–H groups in total. The van der Waals surface area contributed by atoms with Crippen LogP contribution in [0.15, 0.2) is 34.2 Å². The summed E-state index contributed by atoms with van der Waals surface area (Å²) in [5.41, 5.74) is 1.95. The molecule has 2 amide bonds. The first kappa shape index (κ1) is 16.7. The Morgan fingerprint density at radius 1 is 1.11 bits per heavy atom. The molecule has 0 atom stereocenters. The molecule has 0 radical (unpaired) electrons. The van der Waals surface area contributed by atoms with E-state index in [4.69, 9.17) is 0 Å². The van der Waals surface area contributed by atoms with E-state index in [1.54, 1.807) is 42.6 Å². The van der Waals surface area contributed by atoms with Crippen LogP contribution in [0.4, 0.5) is 0 Å². The van der Waals surface area contributed by atoms with Gasteiger partial charge in [-0.3, -0.25) is 23.9 Å². The van der Waals surface area contributed by atoms with Crippen LogP contribution in [0.2, 0.25) is 0 Å². The fourth-order valence-electron chi connectivity index (χ4n) is 3.71. The molecule has 8 heteroatoms. The molecule has 0 saturated heterocycles. The number of nitrogens with zero attached hydrogens (tertiary/aromatic N) is 3. The number of thioether (sulfide) groups is 1. The zero-order valence-corrected chi connectivity index (χ0v) is 16.2. The third-order valence-corrected chi connectivity index (χ3v) is 7.30. The summed E-state index contributed by atoms with van der Waals surface area (Å²) in [6.45, 7) is 0. The highest BCUT2D eigenvalue weighted by Crippen LogP contribution is 2.35. The summed E-state index contributed by atoms with van der Waals surface area (Å²) in [6, 6.07) is 6.81. The molecule has 3 heterocycles. The fourth-order valence-corrected chi connectivity index (χ4v) is 5.93. The molecule has 1 aromatic carbocycles. The number of thiophene rings is 1. The summed E-state index contributed by atoms with van der Waals surface area (Å²) in [7, 11) is 1.69. The standard InChI is InChI=1S/C19H15N3O3S2/c1-21-18(25)14-12-7-4-8-13(12)27-15(14)20-19(21)26-9-22-16(23)10-5-2-3-6-11(10)17(22)24/h2-3,5-6H,4,7-9H2,1H3. The van der Waals surface area contributed by atoms with Crippen molar-refractivity contribution in [2.45, 2.75) is 24.4 Å². The molecule has 1 aliphatic carbocycles. The average molecular weight is 397 g/mol. The van der Waals surface area contributed by atoms with Crippen LogP contribution in [-0.2, 0) is 19.9 Å². The van der Waals surface area contributed by atoms with Crippen molar-refractivity contribution in [3.05, 3.63) is 56.2 Å². The van der Waals surface area contributed by atoms with Crippen molar-refractivity contribution in [2.24, 2.45) is 7.05 Å². The number of imide groups is 1. The Labute approximate surface area is 162 Å². The van der Waals surface area contributed by atoms with E-state index in [0.29, 0.717) is 16.3 Å². The third-order valence-electron chi connectivity index (χ3n) is 5.11. The number of benzene rings is 1. The van der Waals surface area contributed by atoms with Gasteiger partial charge in [0.05, 0.1) is 22.4 Å². The minimum Gasteiger partial charge on any atom is -0.290 e. The largest absolute Gasteiger partial charge is 0.290 e. The maximum Gasteiger partial charge on any atom is 0.262 e. The molecule has 27 heavy (non-hydrogen) atoms. The number of carbonyl (C=O) groups is 2. The first-order valence-electron chi connectivity index (χ1n) is 8.65. The van der Waals surface area contributed by atoms with E-state index < -0.39 is 0 Å². The number of amides is 2. The molecule has 3 aromatic rings. The summed E-state index contributed by atoms with van der Waals surface area (Å²) >= 11 is 2.82. The van der Waals surface area contributed by atoms with Gasteiger partial charge in [-0.25, -0.2) is 4.98 Å². The van der Waals surface area contributed by atoms with Crippen molar-refractivity contribution in [3.63, 3.8) is 0 Å². The van der Waals surface area contributed by atoms with E-state index in [1.807, 2.05) is 0 Å². The van der Waals surface area contributed by atoms with Crippen LogP contribution < -0.4 is 5.56 Å². The van der Waals surface area contributed by atoms with Crippen LogP contribution in [0.3, 0.4) is 0 Å². The Morgan fingerprint density at radius 3 is 2.52 bits per heavy atom. The van der Waals surface area contributed by atoms with E-state index in [2.05, 4.69) is 4.98 Å². The maximum absolute atomic E-state index is 12.8. The predicted molar refractivity (Wildman–Crippen MR) is 105 cm³/mol. The second-order valence-corrected chi connectivity index (χ2v) is 8.65. The molecule has 136 valence electrons. The maximum atomic E-state index is 12.8. The lowest BCUT2D eigenvalue weighted by molar-refractivity contribution is 0.0684. The summed E-state index contributed by atoms with van der Waals surface area (Å²) in [4.78, 5) is 45.7. The number of carbonyl (C=O) groups excluding carboxylic acids is 2. The average Bonchev–Trinajstić information content (AvgIpc) is 3.31. The lowest BCUT2D eigenvalue weighted by atomic mass is 10.1. The molecular formula is C19H15N3O3S2. The monoisotopic (exact) mass is 397 g/mol. The molecule has 0 fully saturated rings. The Balaban J connectivity index is 1.46. The molecule has 2 aliphatic rings. The summed E-state index contributed by atoms with van der Waals surface area (Å²) in [5.74, 6) is -0.475. The van der Waals surface area contributed by atoms with Gasteiger partial charge in [0.15, 0.2) is 5.16 Å². The summed E-state index contributed by atoms with van der Waals surface area (Å²) < 4.78 is 1.52. The molecule has 1 aliphatic heterocycles. The zero-order valence-electron chi connectivity index (χ0n) is 14.5. The van der Waals surface area contributed by atoms with Crippen molar-refractivity contribution in [1.29, 1.82) is 0 Å². The van der Waals surface area contributed by atoms with Crippen molar-refractivity contribution in [1.82, 2.24) is 14.5 Å². The van der Waals surface area contributed by atoms with E-state index in [0.717, 1.165) is 35.0 Å². The van der Waals surface area contributed by atoms with E-state index >= 15 is 0 Å². The van der Waals surface area contributed by atoms with Crippen molar-refractivity contribution in [3.8, 4) is 0 Å².